The van der Waals surface area contributed by atoms with Crippen molar-refractivity contribution in [2.24, 2.45) is 0 Å². The standard InChI is InChI=1S/C14H23IO5/c1-13(2,3)19-11(17)7-6-10-12(9(16)8-15)20-14(4,5)18-10/h6-7,9-10,12,16H,8H2,1-5H3/b7-6-/t9-,10+,12-/m1/s1. The molecular weight excluding hydrogens is 375 g/mol. The number of hydrogen-bond donors (Lipinski definition) is 1. The number of carbonyl (C=O) groups excluding carboxylic acids is 1. The molecule has 0 spiro atoms. The second kappa shape index (κ2) is 6.72. The average molecular weight is 398 g/mol. The molecule has 1 saturated heterocycles. The first-order chi connectivity index (χ1) is 9.04. The molecule has 0 amide bonds. The summed E-state index contributed by atoms with van der Waals surface area (Å²) in [4.78, 5) is 11.7. The first-order valence-electron chi connectivity index (χ1n) is 6.55. The maximum atomic E-state index is 11.7. The minimum atomic E-state index is -0.777. The fourth-order valence-electron chi connectivity index (χ4n) is 1.86. The van der Waals surface area contributed by atoms with E-state index in [2.05, 4.69) is 22.6 Å². The lowest BCUT2D eigenvalue weighted by molar-refractivity contribution is -0.152. The molecule has 1 rings (SSSR count). The van der Waals surface area contributed by atoms with Gasteiger partial charge in [0, 0.05) is 10.5 Å². The SMILES string of the molecule is CC(C)(C)OC(=O)/C=C\[C@@H]1OC(C)(C)O[C@@H]1[C@H](O)CI. The Bertz CT molecular complexity index is 372. The third kappa shape index (κ3) is 5.67. The Kier molecular flexibility index (Phi) is 6.01. The van der Waals surface area contributed by atoms with E-state index in [0.29, 0.717) is 4.43 Å². The molecule has 0 bridgehead atoms. The number of hydrogen-bond acceptors (Lipinski definition) is 5. The smallest absolute Gasteiger partial charge is 0.331 e. The zero-order valence-electron chi connectivity index (χ0n) is 12.6. The monoisotopic (exact) mass is 398 g/mol. The van der Waals surface area contributed by atoms with Crippen molar-refractivity contribution in [1.82, 2.24) is 0 Å². The lowest BCUT2D eigenvalue weighted by Crippen LogP contribution is -2.35. The van der Waals surface area contributed by atoms with Crippen molar-refractivity contribution in [3.8, 4) is 0 Å². The summed E-state index contributed by atoms with van der Waals surface area (Å²) in [5.74, 6) is -1.21. The summed E-state index contributed by atoms with van der Waals surface area (Å²) in [6, 6.07) is 0. The largest absolute Gasteiger partial charge is 0.457 e. The molecule has 0 radical (unpaired) electrons. The van der Waals surface area contributed by atoms with Gasteiger partial charge in [-0.05, 0) is 40.7 Å². The highest BCUT2D eigenvalue weighted by molar-refractivity contribution is 14.1. The van der Waals surface area contributed by atoms with Crippen LogP contribution in [0.4, 0.5) is 0 Å². The highest BCUT2D eigenvalue weighted by Gasteiger charge is 2.43. The van der Waals surface area contributed by atoms with E-state index in [4.69, 9.17) is 14.2 Å². The van der Waals surface area contributed by atoms with Gasteiger partial charge < -0.3 is 19.3 Å². The van der Waals surface area contributed by atoms with E-state index in [1.54, 1.807) is 40.7 Å². The molecular formula is C14H23IO5. The topological polar surface area (TPSA) is 65.0 Å². The van der Waals surface area contributed by atoms with E-state index in [9.17, 15) is 9.90 Å². The van der Waals surface area contributed by atoms with E-state index in [-0.39, 0.29) is 0 Å². The summed E-state index contributed by atoms with van der Waals surface area (Å²) >= 11 is 2.08. The number of rotatable bonds is 4. The van der Waals surface area contributed by atoms with E-state index < -0.39 is 35.7 Å². The predicted octanol–water partition coefficient (Wildman–Crippen LogP) is 2.20. The van der Waals surface area contributed by atoms with Gasteiger partial charge in [0.2, 0.25) is 0 Å². The van der Waals surface area contributed by atoms with Crippen LogP contribution < -0.4 is 0 Å². The second-order valence-electron chi connectivity index (χ2n) is 6.18. The summed E-state index contributed by atoms with van der Waals surface area (Å²) in [6.45, 7) is 8.97. The number of esters is 1. The van der Waals surface area contributed by atoms with Crippen molar-refractivity contribution < 1.29 is 24.1 Å². The Morgan fingerprint density at radius 2 is 2.05 bits per heavy atom. The van der Waals surface area contributed by atoms with Crippen LogP contribution in [0, 0.1) is 0 Å². The highest BCUT2D eigenvalue weighted by Crippen LogP contribution is 2.31. The number of ether oxygens (including phenoxy) is 3. The Hall–Kier alpha value is -0.180. The second-order valence-corrected chi connectivity index (χ2v) is 7.06. The number of aliphatic hydroxyl groups excluding tert-OH is 1. The molecule has 1 aliphatic heterocycles. The molecule has 0 aromatic carbocycles. The summed E-state index contributed by atoms with van der Waals surface area (Å²) in [5, 5.41) is 9.95. The van der Waals surface area contributed by atoms with Crippen LogP contribution in [0.1, 0.15) is 34.6 Å². The lowest BCUT2D eigenvalue weighted by atomic mass is 10.1. The van der Waals surface area contributed by atoms with Crippen LogP contribution in [-0.4, -0.2) is 45.2 Å². The molecule has 0 aromatic heterocycles. The molecule has 3 atom stereocenters. The number of aliphatic hydroxyl groups is 1. The zero-order chi connectivity index (χ0) is 15.6. The minimum absolute atomic E-state index is 0.437. The van der Waals surface area contributed by atoms with Crippen molar-refractivity contribution >= 4 is 28.6 Å². The van der Waals surface area contributed by atoms with E-state index in [1.807, 2.05) is 0 Å². The third-order valence-corrected chi connectivity index (χ3v) is 3.43. The van der Waals surface area contributed by atoms with Crippen LogP contribution in [0.3, 0.4) is 0 Å². The van der Waals surface area contributed by atoms with Gasteiger partial charge in [0.15, 0.2) is 5.79 Å². The van der Waals surface area contributed by atoms with Crippen molar-refractivity contribution in [3.63, 3.8) is 0 Å². The van der Waals surface area contributed by atoms with Gasteiger partial charge >= 0.3 is 5.97 Å². The molecule has 20 heavy (non-hydrogen) atoms. The normalized spacial score (nSPS) is 27.8. The van der Waals surface area contributed by atoms with Gasteiger partial charge in [0.25, 0.3) is 0 Å². The van der Waals surface area contributed by atoms with Crippen LogP contribution in [-0.2, 0) is 19.0 Å². The average Bonchev–Trinajstić information content (AvgIpc) is 2.59. The molecule has 116 valence electrons. The molecule has 1 heterocycles. The molecule has 0 aliphatic carbocycles. The number of carbonyl (C=O) groups is 1. The Morgan fingerprint density at radius 1 is 1.45 bits per heavy atom. The predicted molar refractivity (Wildman–Crippen MR) is 83.7 cm³/mol. The van der Waals surface area contributed by atoms with Gasteiger partial charge in [0.05, 0.1) is 6.10 Å². The van der Waals surface area contributed by atoms with E-state index in [1.165, 1.54) is 6.08 Å². The Morgan fingerprint density at radius 3 is 2.55 bits per heavy atom. The first kappa shape index (κ1) is 17.9. The number of alkyl halides is 1. The van der Waals surface area contributed by atoms with Gasteiger partial charge in [-0.25, -0.2) is 4.79 Å². The van der Waals surface area contributed by atoms with Crippen molar-refractivity contribution in [2.45, 2.75) is 64.3 Å². The van der Waals surface area contributed by atoms with Crippen molar-refractivity contribution in [3.05, 3.63) is 12.2 Å². The third-order valence-electron chi connectivity index (χ3n) is 2.53. The molecule has 6 heteroatoms. The van der Waals surface area contributed by atoms with Crippen LogP contribution in [0.15, 0.2) is 12.2 Å². The fourth-order valence-corrected chi connectivity index (χ4v) is 2.36. The van der Waals surface area contributed by atoms with Crippen LogP contribution in [0.5, 0.6) is 0 Å². The molecule has 0 unspecified atom stereocenters. The molecule has 0 saturated carbocycles. The van der Waals surface area contributed by atoms with E-state index >= 15 is 0 Å². The molecule has 1 N–H and O–H groups in total. The Balaban J connectivity index is 2.71. The molecule has 0 aromatic rings. The van der Waals surface area contributed by atoms with Gasteiger partial charge in [-0.2, -0.15) is 0 Å². The maximum absolute atomic E-state index is 11.7. The van der Waals surface area contributed by atoms with Gasteiger partial charge in [-0.3, -0.25) is 0 Å². The summed E-state index contributed by atoms with van der Waals surface area (Å²) in [6.07, 6.45) is 1.31. The van der Waals surface area contributed by atoms with Gasteiger partial charge in [-0.1, -0.05) is 22.6 Å². The van der Waals surface area contributed by atoms with Crippen molar-refractivity contribution in [1.29, 1.82) is 0 Å². The van der Waals surface area contributed by atoms with Crippen molar-refractivity contribution in [2.75, 3.05) is 4.43 Å². The summed E-state index contributed by atoms with van der Waals surface area (Å²) < 4.78 is 17.1. The molecule has 1 aliphatic rings. The molecule has 5 nitrogen and oxygen atoms in total. The summed E-state index contributed by atoms with van der Waals surface area (Å²) in [7, 11) is 0. The maximum Gasteiger partial charge on any atom is 0.331 e. The number of halogens is 1. The first-order valence-corrected chi connectivity index (χ1v) is 8.07. The zero-order valence-corrected chi connectivity index (χ0v) is 14.7. The Labute approximate surface area is 133 Å². The summed E-state index contributed by atoms with van der Waals surface area (Å²) in [5.41, 5.74) is -0.533. The highest BCUT2D eigenvalue weighted by atomic mass is 127. The minimum Gasteiger partial charge on any atom is -0.457 e. The lowest BCUT2D eigenvalue weighted by Gasteiger charge is -2.20. The fraction of sp³-hybridized carbons (Fsp3) is 0.786. The van der Waals surface area contributed by atoms with Crippen LogP contribution >= 0.6 is 22.6 Å². The quantitative estimate of drug-likeness (QED) is 0.341. The van der Waals surface area contributed by atoms with Crippen LogP contribution in [0.25, 0.3) is 0 Å². The van der Waals surface area contributed by atoms with E-state index in [0.717, 1.165) is 0 Å². The van der Waals surface area contributed by atoms with Crippen LogP contribution in [0.2, 0.25) is 0 Å². The molecule has 1 fully saturated rings. The van der Waals surface area contributed by atoms with Gasteiger partial charge in [0.1, 0.15) is 17.8 Å². The van der Waals surface area contributed by atoms with Gasteiger partial charge in [-0.15, -0.1) is 0 Å².